The summed E-state index contributed by atoms with van der Waals surface area (Å²) in [4.78, 5) is 35.7. The fraction of sp³-hybridized carbons (Fsp3) is 0.219. The van der Waals surface area contributed by atoms with E-state index in [9.17, 15) is 18.5 Å². The number of nitrogens with zero attached hydrogens (tertiary/aromatic N) is 3. The van der Waals surface area contributed by atoms with Gasteiger partial charge in [-0.05, 0) is 54.6 Å². The second-order valence-corrected chi connectivity index (χ2v) is 13.9. The van der Waals surface area contributed by atoms with Crippen LogP contribution in [-0.4, -0.2) is 50.8 Å². The van der Waals surface area contributed by atoms with Crippen LogP contribution < -0.4 is 16.2 Å². The van der Waals surface area contributed by atoms with Gasteiger partial charge in [-0.3, -0.25) is 9.59 Å². The molecule has 0 atom stereocenters. The zero-order valence-corrected chi connectivity index (χ0v) is 24.5. The monoisotopic (exact) mass is 583 g/mol. The second-order valence-electron chi connectivity index (χ2n) is 10.8. The highest BCUT2D eigenvalue weighted by atomic mass is 31.2. The number of pyridine rings is 1. The van der Waals surface area contributed by atoms with Crippen LogP contribution in [0.25, 0.3) is 27.9 Å². The molecule has 6 rings (SSSR count). The lowest BCUT2D eigenvalue weighted by atomic mass is 10.0. The van der Waals surface area contributed by atoms with E-state index in [0.29, 0.717) is 59.2 Å². The zero-order chi connectivity index (χ0) is 29.6. The summed E-state index contributed by atoms with van der Waals surface area (Å²) in [5.74, 6) is -0.0535. The van der Waals surface area contributed by atoms with Crippen molar-refractivity contribution in [3.8, 4) is 0 Å². The summed E-state index contributed by atoms with van der Waals surface area (Å²) in [5, 5.41) is 5.29. The van der Waals surface area contributed by atoms with Gasteiger partial charge >= 0.3 is 0 Å². The quantitative estimate of drug-likeness (QED) is 0.212. The Hall–Kier alpha value is -4.49. The van der Waals surface area contributed by atoms with Crippen molar-refractivity contribution >= 4 is 57.9 Å². The van der Waals surface area contributed by atoms with Crippen LogP contribution in [0.15, 0.2) is 71.5 Å². The van der Waals surface area contributed by atoms with E-state index in [1.807, 2.05) is 63.4 Å². The van der Waals surface area contributed by atoms with Gasteiger partial charge in [-0.2, -0.15) is 0 Å². The van der Waals surface area contributed by atoms with Crippen molar-refractivity contribution in [2.45, 2.75) is 13.8 Å². The minimum absolute atomic E-state index is 0.180. The van der Waals surface area contributed by atoms with Crippen molar-refractivity contribution in [1.82, 2.24) is 19.4 Å². The molecule has 1 aliphatic heterocycles. The van der Waals surface area contributed by atoms with Gasteiger partial charge in [0, 0.05) is 55.2 Å². The number of anilines is 2. The number of hydrogen-bond acceptors (Lipinski definition) is 5. The van der Waals surface area contributed by atoms with Gasteiger partial charge in [-0.1, -0.05) is 42.5 Å². The van der Waals surface area contributed by atoms with E-state index in [-0.39, 0.29) is 17.3 Å². The van der Waals surface area contributed by atoms with Crippen LogP contribution in [0, 0.1) is 19.7 Å². The Bertz CT molecular complexity index is 1990. The van der Waals surface area contributed by atoms with Crippen LogP contribution >= 0.6 is 7.14 Å². The molecule has 0 saturated carbocycles. The number of nitrogens with one attached hydrogen (secondary N) is 2. The Balaban J connectivity index is 1.26. The Morgan fingerprint density at radius 3 is 2.55 bits per heavy atom. The number of aromatic nitrogens is 3. The number of benzene rings is 3. The summed E-state index contributed by atoms with van der Waals surface area (Å²) < 4.78 is 29.1. The maximum atomic E-state index is 13.9. The lowest BCUT2D eigenvalue weighted by molar-refractivity contribution is -0.125. The van der Waals surface area contributed by atoms with Gasteiger partial charge in [0.25, 0.3) is 5.56 Å². The number of imidazole rings is 1. The number of H-pyrrole nitrogens is 1. The maximum absolute atomic E-state index is 13.9. The molecular weight excluding hydrogens is 552 g/mol. The van der Waals surface area contributed by atoms with E-state index in [4.69, 9.17) is 0 Å². The first-order valence-corrected chi connectivity index (χ1v) is 15.9. The highest BCUT2D eigenvalue weighted by molar-refractivity contribution is 7.71. The van der Waals surface area contributed by atoms with Crippen LogP contribution in [0.3, 0.4) is 0 Å². The average Bonchev–Trinajstić information content (AvgIpc) is 3.31. The largest absolute Gasteiger partial charge is 0.338 e. The fourth-order valence-electron chi connectivity index (χ4n) is 5.63. The second kappa shape index (κ2) is 10.7. The van der Waals surface area contributed by atoms with Gasteiger partial charge in [-0.15, -0.1) is 0 Å². The van der Waals surface area contributed by atoms with Gasteiger partial charge in [0.2, 0.25) is 11.9 Å². The lowest BCUT2D eigenvalue weighted by Crippen LogP contribution is -2.40. The van der Waals surface area contributed by atoms with Crippen LogP contribution in [0.1, 0.15) is 16.8 Å². The summed E-state index contributed by atoms with van der Waals surface area (Å²) in [6.07, 6.45) is 4.02. The molecule has 0 unspecified atom stereocenters. The standard InChI is InChI=1S/C32H31FN5O3P/c1-20-9-10-22(33)19-27(20)36-32-35-26-12-11-24-21(2)25(34-31(40)29(24)30(26)37(32)3)13-14-28(39)38-15-17-42(41,18-16-38)23-7-5-4-6-8-23/h4-14,19H,15-18H2,1-3H3,(H,34,40)(H,35,36). The van der Waals surface area contributed by atoms with Crippen molar-refractivity contribution in [2.24, 2.45) is 7.05 Å². The van der Waals surface area contributed by atoms with Gasteiger partial charge < -0.3 is 24.3 Å². The van der Waals surface area contributed by atoms with E-state index < -0.39 is 7.14 Å². The number of halogens is 1. The van der Waals surface area contributed by atoms with Gasteiger partial charge in [0.15, 0.2) is 0 Å². The Morgan fingerprint density at radius 1 is 1.07 bits per heavy atom. The summed E-state index contributed by atoms with van der Waals surface area (Å²) in [6, 6.07) is 17.7. The molecule has 42 heavy (non-hydrogen) atoms. The molecule has 2 aromatic heterocycles. The summed E-state index contributed by atoms with van der Waals surface area (Å²) in [6.45, 7) is 4.62. The van der Waals surface area contributed by atoms with E-state index in [0.717, 1.165) is 21.8 Å². The molecule has 10 heteroatoms. The third-order valence-electron chi connectivity index (χ3n) is 8.16. The summed E-state index contributed by atoms with van der Waals surface area (Å²) in [5.41, 5.74) is 3.80. The number of aryl methyl sites for hydroxylation is 3. The molecule has 0 spiro atoms. The Labute approximate surface area is 242 Å². The first-order valence-electron chi connectivity index (χ1n) is 13.8. The number of hydrogen-bond donors (Lipinski definition) is 2. The van der Waals surface area contributed by atoms with Crippen LogP contribution in [0.4, 0.5) is 16.0 Å². The molecule has 3 heterocycles. The molecule has 3 aromatic carbocycles. The van der Waals surface area contributed by atoms with Gasteiger partial charge in [0.05, 0.1) is 16.4 Å². The summed E-state index contributed by atoms with van der Waals surface area (Å²) in [7, 11) is -0.695. The molecule has 0 aliphatic carbocycles. The van der Waals surface area contributed by atoms with Crippen molar-refractivity contribution < 1.29 is 13.8 Å². The minimum Gasteiger partial charge on any atom is -0.338 e. The van der Waals surface area contributed by atoms with E-state index >= 15 is 0 Å². The van der Waals surface area contributed by atoms with Crippen LogP contribution in [0.2, 0.25) is 0 Å². The molecule has 1 fully saturated rings. The van der Waals surface area contributed by atoms with Crippen LogP contribution in [-0.2, 0) is 16.4 Å². The lowest BCUT2D eigenvalue weighted by Gasteiger charge is -2.31. The normalized spacial score (nSPS) is 15.1. The average molecular weight is 584 g/mol. The Kier molecular flexibility index (Phi) is 7.07. The smallest absolute Gasteiger partial charge is 0.258 e. The molecule has 1 amide bonds. The topological polar surface area (TPSA) is 100 Å². The molecule has 2 N–H and O–H groups in total. The molecule has 8 nitrogen and oxygen atoms in total. The first kappa shape index (κ1) is 27.7. The zero-order valence-electron chi connectivity index (χ0n) is 23.6. The van der Waals surface area contributed by atoms with Gasteiger partial charge in [-0.25, -0.2) is 9.37 Å². The molecular formula is C32H31FN5O3P. The van der Waals surface area contributed by atoms with Crippen molar-refractivity contribution in [2.75, 3.05) is 30.7 Å². The highest BCUT2D eigenvalue weighted by Crippen LogP contribution is 2.46. The fourth-order valence-corrected chi connectivity index (χ4v) is 8.21. The Morgan fingerprint density at radius 2 is 1.81 bits per heavy atom. The van der Waals surface area contributed by atoms with E-state index in [2.05, 4.69) is 15.3 Å². The van der Waals surface area contributed by atoms with Crippen molar-refractivity contribution in [1.29, 1.82) is 0 Å². The molecule has 0 radical (unpaired) electrons. The molecule has 1 saturated heterocycles. The molecule has 1 aliphatic rings. The predicted molar refractivity (Wildman–Crippen MR) is 167 cm³/mol. The SMILES string of the molecule is Cc1ccc(F)cc1Nc1nc2ccc3c(C)c(C=CC(=O)N4CCP(=O)(c5ccccc5)CC4)[nH]c(=O)c3c2n1C. The molecule has 5 aromatic rings. The third kappa shape index (κ3) is 4.94. The number of fused-ring (bicyclic) bond motifs is 3. The van der Waals surface area contributed by atoms with Crippen LogP contribution in [0.5, 0.6) is 0 Å². The number of carbonyl (C=O) groups is 1. The third-order valence-corrected chi connectivity index (χ3v) is 11.2. The highest BCUT2D eigenvalue weighted by Gasteiger charge is 2.31. The number of carbonyl (C=O) groups excluding carboxylic acids is 1. The van der Waals surface area contributed by atoms with E-state index in [1.165, 1.54) is 18.2 Å². The predicted octanol–water partition coefficient (Wildman–Crippen LogP) is 5.46. The first-order chi connectivity index (χ1) is 20.1. The van der Waals surface area contributed by atoms with Crippen molar-refractivity contribution in [3.63, 3.8) is 0 Å². The van der Waals surface area contributed by atoms with Gasteiger partial charge in [0.1, 0.15) is 13.0 Å². The number of rotatable bonds is 5. The maximum Gasteiger partial charge on any atom is 0.258 e. The number of amides is 1. The van der Waals surface area contributed by atoms with Crippen molar-refractivity contribution in [3.05, 3.63) is 99.7 Å². The van der Waals surface area contributed by atoms with E-state index in [1.54, 1.807) is 21.6 Å². The number of aromatic amines is 1. The molecule has 0 bridgehead atoms. The molecule has 214 valence electrons. The summed E-state index contributed by atoms with van der Waals surface area (Å²) >= 11 is 0. The minimum atomic E-state index is -2.50.